The summed E-state index contributed by atoms with van der Waals surface area (Å²) < 4.78 is 10.8. The molecule has 4 aromatic rings. The summed E-state index contributed by atoms with van der Waals surface area (Å²) >= 11 is 0. The van der Waals surface area contributed by atoms with Gasteiger partial charge in [-0.3, -0.25) is 0 Å². The first-order valence-corrected chi connectivity index (χ1v) is 7.60. The molecule has 0 atom stereocenters. The minimum atomic E-state index is 0.472. The van der Waals surface area contributed by atoms with Crippen LogP contribution in [0.5, 0.6) is 11.5 Å². The smallest absolute Gasteiger partial charge is 0.132 e. The van der Waals surface area contributed by atoms with Crippen molar-refractivity contribution in [3.05, 3.63) is 48.5 Å². The van der Waals surface area contributed by atoms with Gasteiger partial charge in [0.2, 0.25) is 0 Å². The van der Waals surface area contributed by atoms with Crippen molar-refractivity contribution in [1.29, 1.82) is 0 Å². The number of aromatic nitrogens is 2. The van der Waals surface area contributed by atoms with Crippen molar-refractivity contribution < 1.29 is 9.47 Å². The number of ether oxygens (including phenoxy) is 2. The fraction of sp³-hybridized carbons (Fsp3) is 0.105. The average Bonchev–Trinajstić information content (AvgIpc) is 2.99. The maximum atomic E-state index is 6.07. The van der Waals surface area contributed by atoms with Gasteiger partial charge in [-0.2, -0.15) is 0 Å². The molecule has 2 aromatic carbocycles. The van der Waals surface area contributed by atoms with Crippen molar-refractivity contribution in [2.24, 2.45) is 0 Å². The molecule has 0 unspecified atom stereocenters. The third kappa shape index (κ3) is 2.13. The molecule has 2 heterocycles. The lowest BCUT2D eigenvalue weighted by molar-refractivity contribution is 0.395. The highest BCUT2D eigenvalue weighted by atomic mass is 16.5. The van der Waals surface area contributed by atoms with Gasteiger partial charge < -0.3 is 20.2 Å². The summed E-state index contributed by atoms with van der Waals surface area (Å²) in [4.78, 5) is 8.00. The van der Waals surface area contributed by atoms with Gasteiger partial charge in [-0.15, -0.1) is 0 Å². The summed E-state index contributed by atoms with van der Waals surface area (Å²) in [6.45, 7) is 0. The van der Waals surface area contributed by atoms with Crippen LogP contribution >= 0.6 is 0 Å². The van der Waals surface area contributed by atoms with Crippen molar-refractivity contribution >= 4 is 27.6 Å². The van der Waals surface area contributed by atoms with E-state index in [0.29, 0.717) is 11.6 Å². The zero-order chi connectivity index (χ0) is 16.7. The lowest BCUT2D eigenvalue weighted by Crippen LogP contribution is -1.96. The number of hydrogen-bond acceptors (Lipinski definition) is 4. The Bertz CT molecular complexity index is 1050. The number of hydrogen-bond donors (Lipinski definition) is 2. The summed E-state index contributed by atoms with van der Waals surface area (Å²) in [5, 5.41) is 2.17. The first kappa shape index (κ1) is 14.4. The van der Waals surface area contributed by atoms with E-state index in [2.05, 4.69) is 16.0 Å². The summed E-state index contributed by atoms with van der Waals surface area (Å²) in [5.41, 5.74) is 9.69. The largest absolute Gasteiger partial charge is 0.497 e. The lowest BCUT2D eigenvalue weighted by Gasteiger charge is -2.11. The van der Waals surface area contributed by atoms with Crippen LogP contribution in [0.4, 0.5) is 5.82 Å². The molecule has 0 saturated heterocycles. The summed E-state index contributed by atoms with van der Waals surface area (Å²) in [5.74, 6) is 1.89. The van der Waals surface area contributed by atoms with Gasteiger partial charge in [0.1, 0.15) is 23.0 Å². The molecule has 5 nitrogen and oxygen atoms in total. The number of rotatable bonds is 3. The van der Waals surface area contributed by atoms with E-state index in [1.54, 1.807) is 14.2 Å². The Morgan fingerprint density at radius 3 is 2.58 bits per heavy atom. The Kier molecular flexibility index (Phi) is 3.27. The zero-order valence-corrected chi connectivity index (χ0v) is 13.5. The standard InChI is InChI=1S/C19H17N3O2/c1-23-11-7-8-13(16(9-11)24-2)18-19-14(10-17(20)22-18)12-5-3-4-6-15(12)21-19/h3-10,21H,1-2H3,(H2,20,22). The van der Waals surface area contributed by atoms with Crippen molar-refractivity contribution in [2.75, 3.05) is 20.0 Å². The normalized spacial score (nSPS) is 11.1. The Morgan fingerprint density at radius 2 is 1.79 bits per heavy atom. The van der Waals surface area contributed by atoms with Crippen molar-refractivity contribution in [2.45, 2.75) is 0 Å². The molecule has 0 radical (unpaired) electrons. The second-order valence-electron chi connectivity index (χ2n) is 5.56. The van der Waals surface area contributed by atoms with Gasteiger partial charge in [-0.1, -0.05) is 18.2 Å². The highest BCUT2D eigenvalue weighted by molar-refractivity contribution is 6.12. The third-order valence-electron chi connectivity index (χ3n) is 4.18. The molecule has 0 saturated carbocycles. The van der Waals surface area contributed by atoms with Gasteiger partial charge in [0.05, 0.1) is 19.7 Å². The van der Waals surface area contributed by atoms with Crippen LogP contribution in [0.1, 0.15) is 0 Å². The number of para-hydroxylation sites is 1. The van der Waals surface area contributed by atoms with Gasteiger partial charge in [-0.25, -0.2) is 4.98 Å². The van der Waals surface area contributed by atoms with Crippen LogP contribution in [0, 0.1) is 0 Å². The number of fused-ring (bicyclic) bond motifs is 3. The van der Waals surface area contributed by atoms with E-state index in [1.807, 2.05) is 42.5 Å². The Morgan fingerprint density at radius 1 is 0.958 bits per heavy atom. The number of anilines is 1. The number of nitrogens with one attached hydrogen (secondary N) is 1. The second-order valence-corrected chi connectivity index (χ2v) is 5.56. The Balaban J connectivity index is 2.07. The summed E-state index contributed by atoms with van der Waals surface area (Å²) in [6, 6.07) is 15.7. The fourth-order valence-electron chi connectivity index (χ4n) is 3.05. The van der Waals surface area contributed by atoms with Crippen LogP contribution in [0.25, 0.3) is 33.1 Å². The quantitative estimate of drug-likeness (QED) is 0.599. The van der Waals surface area contributed by atoms with E-state index in [0.717, 1.165) is 38.8 Å². The average molecular weight is 319 g/mol. The summed E-state index contributed by atoms with van der Waals surface area (Å²) in [7, 11) is 3.26. The Labute approximate surface area is 139 Å². The van der Waals surface area contributed by atoms with Gasteiger partial charge in [0.25, 0.3) is 0 Å². The number of pyridine rings is 1. The van der Waals surface area contributed by atoms with Crippen LogP contribution in [0.2, 0.25) is 0 Å². The predicted molar refractivity (Wildman–Crippen MR) is 96.6 cm³/mol. The first-order valence-electron chi connectivity index (χ1n) is 7.60. The van der Waals surface area contributed by atoms with Gasteiger partial charge in [0.15, 0.2) is 0 Å². The van der Waals surface area contributed by atoms with E-state index in [1.165, 1.54) is 0 Å². The minimum Gasteiger partial charge on any atom is -0.497 e. The van der Waals surface area contributed by atoms with Crippen LogP contribution in [0.3, 0.4) is 0 Å². The minimum absolute atomic E-state index is 0.472. The second kappa shape index (κ2) is 5.45. The molecule has 120 valence electrons. The maximum Gasteiger partial charge on any atom is 0.132 e. The number of nitrogens with two attached hydrogens (primary N) is 1. The molecule has 0 aliphatic rings. The number of nitrogens with zero attached hydrogens (tertiary/aromatic N) is 1. The highest BCUT2D eigenvalue weighted by Gasteiger charge is 2.16. The fourth-order valence-corrected chi connectivity index (χ4v) is 3.05. The Hall–Kier alpha value is -3.21. The van der Waals surface area contributed by atoms with E-state index in [-0.39, 0.29) is 0 Å². The van der Waals surface area contributed by atoms with Gasteiger partial charge in [0, 0.05) is 27.9 Å². The van der Waals surface area contributed by atoms with Crippen LogP contribution in [0.15, 0.2) is 48.5 Å². The van der Waals surface area contributed by atoms with E-state index < -0.39 is 0 Å². The number of H-pyrrole nitrogens is 1. The van der Waals surface area contributed by atoms with Gasteiger partial charge in [-0.05, 0) is 24.3 Å². The third-order valence-corrected chi connectivity index (χ3v) is 4.18. The summed E-state index contributed by atoms with van der Waals surface area (Å²) in [6.07, 6.45) is 0. The van der Waals surface area contributed by atoms with E-state index in [4.69, 9.17) is 15.2 Å². The number of aromatic amines is 1. The molecular weight excluding hydrogens is 302 g/mol. The van der Waals surface area contributed by atoms with Gasteiger partial charge >= 0.3 is 0 Å². The molecular formula is C19H17N3O2. The zero-order valence-electron chi connectivity index (χ0n) is 13.5. The molecule has 24 heavy (non-hydrogen) atoms. The van der Waals surface area contributed by atoms with Crippen molar-refractivity contribution in [3.8, 4) is 22.8 Å². The molecule has 5 heteroatoms. The number of methoxy groups -OCH3 is 2. The maximum absolute atomic E-state index is 6.07. The van der Waals surface area contributed by atoms with Crippen LogP contribution in [-0.4, -0.2) is 24.2 Å². The molecule has 0 spiro atoms. The van der Waals surface area contributed by atoms with E-state index in [9.17, 15) is 0 Å². The molecule has 0 fully saturated rings. The van der Waals surface area contributed by atoms with Crippen LogP contribution in [-0.2, 0) is 0 Å². The van der Waals surface area contributed by atoms with Crippen molar-refractivity contribution in [3.63, 3.8) is 0 Å². The topological polar surface area (TPSA) is 73.2 Å². The lowest BCUT2D eigenvalue weighted by atomic mass is 10.1. The molecule has 4 rings (SSSR count). The predicted octanol–water partition coefficient (Wildman–Crippen LogP) is 3.98. The monoisotopic (exact) mass is 319 g/mol. The van der Waals surface area contributed by atoms with Crippen LogP contribution < -0.4 is 15.2 Å². The molecule has 0 aliphatic heterocycles. The van der Waals surface area contributed by atoms with Crippen molar-refractivity contribution in [1.82, 2.24) is 9.97 Å². The molecule has 0 aliphatic carbocycles. The van der Waals surface area contributed by atoms with E-state index >= 15 is 0 Å². The molecule has 0 amide bonds. The first-order chi connectivity index (χ1) is 11.7. The molecule has 3 N–H and O–H groups in total. The highest BCUT2D eigenvalue weighted by Crippen LogP contribution is 2.38. The molecule has 0 bridgehead atoms. The number of nitrogen functional groups attached to an aromatic ring is 1. The molecule has 2 aromatic heterocycles. The number of benzene rings is 2. The SMILES string of the molecule is COc1ccc(-c2nc(N)cc3c2[nH]c2ccccc23)c(OC)c1.